The molecule has 0 N–H and O–H groups in total. The van der Waals surface area contributed by atoms with Crippen LogP contribution >= 0.6 is 11.8 Å². The second kappa shape index (κ2) is 5.13. The van der Waals surface area contributed by atoms with E-state index in [1.807, 2.05) is 56.3 Å². The Bertz CT molecular complexity index is 825. The summed E-state index contributed by atoms with van der Waals surface area (Å²) < 4.78 is 1.62. The van der Waals surface area contributed by atoms with Gasteiger partial charge in [0.15, 0.2) is 0 Å². The zero-order valence-electron chi connectivity index (χ0n) is 11.3. The van der Waals surface area contributed by atoms with Gasteiger partial charge in [-0.25, -0.2) is 4.98 Å². The number of hydrogen-bond acceptors (Lipinski definition) is 3. The summed E-state index contributed by atoms with van der Waals surface area (Å²) >= 11 is 1.47. The van der Waals surface area contributed by atoms with Crippen LogP contribution in [0.15, 0.2) is 63.2 Å². The van der Waals surface area contributed by atoms with Crippen molar-refractivity contribution in [2.45, 2.75) is 23.6 Å². The number of pyridine rings is 1. The SMILES string of the molecule is Cc1nc2c(C)cccn2c(=O)c1Sc1ccccc1. The molecule has 0 unspecified atom stereocenters. The molecule has 0 bridgehead atoms. The molecule has 2 heterocycles. The van der Waals surface area contributed by atoms with Crippen molar-refractivity contribution < 1.29 is 0 Å². The molecule has 3 rings (SSSR count). The van der Waals surface area contributed by atoms with Crippen molar-refractivity contribution in [2.24, 2.45) is 0 Å². The number of fused-ring (bicyclic) bond motifs is 1. The molecule has 0 aliphatic carbocycles. The van der Waals surface area contributed by atoms with Crippen molar-refractivity contribution in [3.05, 3.63) is 70.3 Å². The monoisotopic (exact) mass is 282 g/mol. The van der Waals surface area contributed by atoms with Gasteiger partial charge >= 0.3 is 0 Å². The fourth-order valence-corrected chi connectivity index (χ4v) is 3.02. The lowest BCUT2D eigenvalue weighted by molar-refractivity contribution is 0.940. The fraction of sp³-hybridized carbons (Fsp3) is 0.125. The second-order valence-corrected chi connectivity index (χ2v) is 5.72. The average Bonchev–Trinajstić information content (AvgIpc) is 2.46. The molecule has 0 atom stereocenters. The van der Waals surface area contributed by atoms with Gasteiger partial charge in [0.1, 0.15) is 5.65 Å². The maximum atomic E-state index is 12.6. The first-order valence-corrected chi connectivity index (χ1v) is 7.20. The Kier molecular flexibility index (Phi) is 3.32. The molecule has 1 aromatic carbocycles. The van der Waals surface area contributed by atoms with Crippen LogP contribution in [0.5, 0.6) is 0 Å². The highest BCUT2D eigenvalue weighted by Gasteiger charge is 2.11. The van der Waals surface area contributed by atoms with Crippen LogP contribution in [0.25, 0.3) is 5.65 Å². The zero-order valence-corrected chi connectivity index (χ0v) is 12.1. The van der Waals surface area contributed by atoms with Crippen molar-refractivity contribution >= 4 is 17.4 Å². The van der Waals surface area contributed by atoms with E-state index in [0.29, 0.717) is 4.90 Å². The first kappa shape index (κ1) is 12.9. The van der Waals surface area contributed by atoms with Crippen LogP contribution < -0.4 is 5.56 Å². The van der Waals surface area contributed by atoms with Crippen LogP contribution in [0.4, 0.5) is 0 Å². The average molecular weight is 282 g/mol. The minimum absolute atomic E-state index is 0.00921. The highest BCUT2D eigenvalue weighted by atomic mass is 32.2. The van der Waals surface area contributed by atoms with E-state index in [0.717, 1.165) is 21.8 Å². The van der Waals surface area contributed by atoms with Gasteiger partial charge in [0, 0.05) is 11.1 Å². The zero-order chi connectivity index (χ0) is 14.1. The summed E-state index contributed by atoms with van der Waals surface area (Å²) in [6.07, 6.45) is 1.77. The largest absolute Gasteiger partial charge is 0.272 e. The third-order valence-corrected chi connectivity index (χ3v) is 4.32. The second-order valence-electron chi connectivity index (χ2n) is 4.63. The first-order valence-electron chi connectivity index (χ1n) is 6.38. The van der Waals surface area contributed by atoms with Gasteiger partial charge in [0.2, 0.25) is 0 Å². The summed E-state index contributed by atoms with van der Waals surface area (Å²) in [5.41, 5.74) is 2.50. The van der Waals surface area contributed by atoms with Crippen LogP contribution in [-0.4, -0.2) is 9.38 Å². The quantitative estimate of drug-likeness (QED) is 0.722. The van der Waals surface area contributed by atoms with Crippen molar-refractivity contribution in [3.8, 4) is 0 Å². The molecule has 20 heavy (non-hydrogen) atoms. The molecule has 0 aliphatic heterocycles. The standard InChI is InChI=1S/C16H14N2OS/c1-11-7-6-10-18-15(11)17-12(2)14(16(18)19)20-13-8-4-3-5-9-13/h3-10H,1-2H3. The predicted octanol–water partition coefficient (Wildman–Crippen LogP) is 3.46. The van der Waals surface area contributed by atoms with Crippen molar-refractivity contribution in [3.63, 3.8) is 0 Å². The highest BCUT2D eigenvalue weighted by Crippen LogP contribution is 2.26. The summed E-state index contributed by atoms with van der Waals surface area (Å²) in [7, 11) is 0. The molecular formula is C16H14N2OS. The minimum Gasteiger partial charge on any atom is -0.268 e. The van der Waals surface area contributed by atoms with E-state index < -0.39 is 0 Å². The van der Waals surface area contributed by atoms with Crippen LogP contribution in [0, 0.1) is 13.8 Å². The molecule has 0 amide bonds. The van der Waals surface area contributed by atoms with Crippen LogP contribution in [-0.2, 0) is 0 Å². The van der Waals surface area contributed by atoms with Crippen molar-refractivity contribution in [2.75, 3.05) is 0 Å². The van der Waals surface area contributed by atoms with Crippen molar-refractivity contribution in [1.82, 2.24) is 9.38 Å². The Balaban J connectivity index is 2.20. The third kappa shape index (κ3) is 2.23. The summed E-state index contributed by atoms with van der Waals surface area (Å²) in [4.78, 5) is 18.9. The van der Waals surface area contributed by atoms with Gasteiger partial charge in [0.05, 0.1) is 10.6 Å². The molecule has 2 aromatic heterocycles. The van der Waals surface area contributed by atoms with Crippen LogP contribution in [0.3, 0.4) is 0 Å². The third-order valence-electron chi connectivity index (χ3n) is 3.14. The lowest BCUT2D eigenvalue weighted by atomic mass is 10.3. The Morgan fingerprint density at radius 2 is 1.80 bits per heavy atom. The Labute approximate surface area is 121 Å². The number of benzene rings is 1. The molecule has 3 nitrogen and oxygen atoms in total. The number of hydrogen-bond donors (Lipinski definition) is 0. The fourth-order valence-electron chi connectivity index (χ4n) is 2.11. The normalized spacial score (nSPS) is 10.9. The van der Waals surface area contributed by atoms with E-state index in [9.17, 15) is 4.79 Å². The molecule has 3 aromatic rings. The molecule has 0 aliphatic rings. The lowest BCUT2D eigenvalue weighted by Gasteiger charge is -2.09. The van der Waals surface area contributed by atoms with Crippen LogP contribution in [0.2, 0.25) is 0 Å². The molecule has 0 saturated heterocycles. The van der Waals surface area contributed by atoms with E-state index in [4.69, 9.17) is 0 Å². The number of rotatable bonds is 2. The van der Waals surface area contributed by atoms with Gasteiger partial charge in [-0.2, -0.15) is 0 Å². The van der Waals surface area contributed by atoms with E-state index in [-0.39, 0.29) is 5.56 Å². The Morgan fingerprint density at radius 3 is 2.55 bits per heavy atom. The highest BCUT2D eigenvalue weighted by molar-refractivity contribution is 7.99. The van der Waals surface area contributed by atoms with Gasteiger partial charge < -0.3 is 0 Å². The number of aromatic nitrogens is 2. The summed E-state index contributed by atoms with van der Waals surface area (Å²) in [5, 5.41) is 0. The minimum atomic E-state index is -0.00921. The molecule has 0 spiro atoms. The van der Waals surface area contributed by atoms with Gasteiger partial charge in [-0.15, -0.1) is 0 Å². The number of nitrogens with zero attached hydrogens (tertiary/aromatic N) is 2. The summed E-state index contributed by atoms with van der Waals surface area (Å²) in [6.45, 7) is 3.85. The Hall–Kier alpha value is -2.07. The molecule has 100 valence electrons. The lowest BCUT2D eigenvalue weighted by Crippen LogP contribution is -2.18. The maximum absolute atomic E-state index is 12.6. The predicted molar refractivity (Wildman–Crippen MR) is 81.5 cm³/mol. The molecular weight excluding hydrogens is 268 g/mol. The van der Waals surface area contributed by atoms with E-state index in [2.05, 4.69) is 4.98 Å². The number of aryl methyl sites for hydroxylation is 2. The summed E-state index contributed by atoms with van der Waals surface area (Å²) in [6, 6.07) is 13.7. The van der Waals surface area contributed by atoms with Crippen molar-refractivity contribution in [1.29, 1.82) is 0 Å². The molecule has 0 fully saturated rings. The van der Waals surface area contributed by atoms with E-state index in [1.165, 1.54) is 11.8 Å². The summed E-state index contributed by atoms with van der Waals surface area (Å²) in [5.74, 6) is 0. The molecule has 4 heteroatoms. The first-order chi connectivity index (χ1) is 9.66. The van der Waals surface area contributed by atoms with Gasteiger partial charge in [-0.3, -0.25) is 9.20 Å². The maximum Gasteiger partial charge on any atom is 0.272 e. The molecule has 0 radical (unpaired) electrons. The topological polar surface area (TPSA) is 34.4 Å². The van der Waals surface area contributed by atoms with Crippen LogP contribution in [0.1, 0.15) is 11.3 Å². The van der Waals surface area contributed by atoms with Gasteiger partial charge in [-0.05, 0) is 37.6 Å². The van der Waals surface area contributed by atoms with E-state index >= 15 is 0 Å². The van der Waals surface area contributed by atoms with E-state index in [1.54, 1.807) is 10.6 Å². The van der Waals surface area contributed by atoms with Gasteiger partial charge in [-0.1, -0.05) is 36.0 Å². The van der Waals surface area contributed by atoms with Gasteiger partial charge in [0.25, 0.3) is 5.56 Å². The molecule has 0 saturated carbocycles. The Morgan fingerprint density at radius 1 is 1.05 bits per heavy atom. The smallest absolute Gasteiger partial charge is 0.268 e.